The van der Waals surface area contributed by atoms with Gasteiger partial charge in [-0.15, -0.1) is 0 Å². The Morgan fingerprint density at radius 3 is 2.35 bits per heavy atom. The van der Waals surface area contributed by atoms with E-state index < -0.39 is 0 Å². The van der Waals surface area contributed by atoms with Gasteiger partial charge in [0, 0.05) is 24.5 Å². The summed E-state index contributed by atoms with van der Waals surface area (Å²) in [5.74, 6) is 0. The fourth-order valence-corrected chi connectivity index (χ4v) is 2.40. The molecule has 1 rings (SSSR count). The molecule has 1 aromatic rings. The first-order chi connectivity index (χ1) is 7.70. The number of nitrogens with zero attached hydrogens (tertiary/aromatic N) is 1. The van der Waals surface area contributed by atoms with E-state index in [4.69, 9.17) is 0 Å². The lowest BCUT2D eigenvalue weighted by Gasteiger charge is -2.33. The van der Waals surface area contributed by atoms with Crippen molar-refractivity contribution in [3.8, 4) is 0 Å². The third-order valence-corrected chi connectivity index (χ3v) is 2.88. The van der Waals surface area contributed by atoms with E-state index in [1.54, 1.807) is 0 Å². The first-order valence-electron chi connectivity index (χ1n) is 6.34. The Hall–Kier alpha value is -0.890. The molecule has 0 bridgehead atoms. The molecule has 2 heteroatoms. The lowest BCUT2D eigenvalue weighted by Crippen LogP contribution is -2.41. The highest BCUT2D eigenvalue weighted by Gasteiger charge is 2.24. The molecule has 0 aliphatic heterocycles. The zero-order valence-electron chi connectivity index (χ0n) is 12.1. The number of pyridine rings is 1. The van der Waals surface area contributed by atoms with Crippen molar-refractivity contribution in [1.29, 1.82) is 0 Å². The van der Waals surface area contributed by atoms with Gasteiger partial charge in [0.1, 0.15) is 0 Å². The van der Waals surface area contributed by atoms with Crippen LogP contribution < -0.4 is 5.32 Å². The van der Waals surface area contributed by atoms with Gasteiger partial charge in [-0.3, -0.25) is 4.98 Å². The number of rotatable bonds is 4. The van der Waals surface area contributed by atoms with Crippen LogP contribution in [0.1, 0.15) is 52.2 Å². The van der Waals surface area contributed by atoms with Crippen LogP contribution in [-0.4, -0.2) is 10.5 Å². The van der Waals surface area contributed by atoms with Gasteiger partial charge in [-0.25, -0.2) is 0 Å². The van der Waals surface area contributed by atoms with Gasteiger partial charge in [-0.2, -0.15) is 0 Å². The Morgan fingerprint density at radius 1 is 1.18 bits per heavy atom. The van der Waals surface area contributed by atoms with Crippen molar-refractivity contribution in [2.24, 2.45) is 5.41 Å². The maximum absolute atomic E-state index is 4.18. The summed E-state index contributed by atoms with van der Waals surface area (Å²) in [6.45, 7) is 14.4. The SMILES string of the molecule is Cc1ccncc1CNC(C)(C)CC(C)(C)C. The van der Waals surface area contributed by atoms with Gasteiger partial charge in [-0.1, -0.05) is 20.8 Å². The molecule has 0 spiro atoms. The topological polar surface area (TPSA) is 24.9 Å². The summed E-state index contributed by atoms with van der Waals surface area (Å²) in [6, 6.07) is 2.06. The lowest BCUT2D eigenvalue weighted by atomic mass is 9.81. The second-order valence-corrected chi connectivity index (χ2v) is 6.78. The summed E-state index contributed by atoms with van der Waals surface area (Å²) >= 11 is 0. The molecule has 96 valence electrons. The minimum Gasteiger partial charge on any atom is -0.308 e. The van der Waals surface area contributed by atoms with Gasteiger partial charge < -0.3 is 5.32 Å². The Kier molecular flexibility index (Phi) is 4.31. The van der Waals surface area contributed by atoms with Crippen LogP contribution in [0, 0.1) is 12.3 Å². The molecule has 0 radical (unpaired) electrons. The van der Waals surface area contributed by atoms with Crippen LogP contribution in [0.3, 0.4) is 0 Å². The third-order valence-electron chi connectivity index (χ3n) is 2.88. The highest BCUT2D eigenvalue weighted by molar-refractivity contribution is 5.21. The van der Waals surface area contributed by atoms with Gasteiger partial charge >= 0.3 is 0 Å². The zero-order chi connectivity index (χ0) is 13.1. The molecule has 0 saturated carbocycles. The van der Waals surface area contributed by atoms with Crippen LogP contribution in [0.5, 0.6) is 0 Å². The van der Waals surface area contributed by atoms with Gasteiger partial charge in [0.2, 0.25) is 0 Å². The highest BCUT2D eigenvalue weighted by atomic mass is 15.0. The minimum atomic E-state index is 0.153. The maximum Gasteiger partial charge on any atom is 0.0315 e. The van der Waals surface area contributed by atoms with Crippen molar-refractivity contribution in [2.45, 2.75) is 60.0 Å². The number of nitrogens with one attached hydrogen (secondary N) is 1. The van der Waals surface area contributed by atoms with E-state index in [9.17, 15) is 0 Å². The molecule has 0 aliphatic carbocycles. The molecule has 0 saturated heterocycles. The van der Waals surface area contributed by atoms with E-state index in [2.05, 4.69) is 57.9 Å². The maximum atomic E-state index is 4.18. The fraction of sp³-hybridized carbons (Fsp3) is 0.667. The number of aromatic nitrogens is 1. The number of hydrogen-bond acceptors (Lipinski definition) is 2. The van der Waals surface area contributed by atoms with Crippen LogP contribution in [0.15, 0.2) is 18.5 Å². The minimum absolute atomic E-state index is 0.153. The van der Waals surface area contributed by atoms with E-state index >= 15 is 0 Å². The molecule has 1 aromatic heterocycles. The molecule has 2 nitrogen and oxygen atoms in total. The van der Waals surface area contributed by atoms with E-state index in [0.717, 1.165) is 13.0 Å². The van der Waals surface area contributed by atoms with E-state index in [-0.39, 0.29) is 5.54 Å². The van der Waals surface area contributed by atoms with Crippen LogP contribution in [-0.2, 0) is 6.54 Å². The Bertz CT molecular complexity index is 361. The Morgan fingerprint density at radius 2 is 1.82 bits per heavy atom. The highest BCUT2D eigenvalue weighted by Crippen LogP contribution is 2.27. The monoisotopic (exact) mass is 234 g/mol. The number of aryl methyl sites for hydroxylation is 1. The number of hydrogen-bond donors (Lipinski definition) is 1. The average Bonchev–Trinajstić information content (AvgIpc) is 2.13. The Labute approximate surface area is 106 Å². The normalized spacial score (nSPS) is 12.8. The second-order valence-electron chi connectivity index (χ2n) is 6.78. The standard InChI is InChI=1S/C15H26N2/c1-12-7-8-16-9-13(12)10-17-15(5,6)11-14(2,3)4/h7-9,17H,10-11H2,1-6H3. The van der Waals surface area contributed by atoms with Crippen molar-refractivity contribution < 1.29 is 0 Å². The molecule has 0 atom stereocenters. The molecule has 17 heavy (non-hydrogen) atoms. The van der Waals surface area contributed by atoms with Crippen molar-refractivity contribution in [3.63, 3.8) is 0 Å². The molecule has 0 aliphatic rings. The summed E-state index contributed by atoms with van der Waals surface area (Å²) < 4.78 is 0. The summed E-state index contributed by atoms with van der Waals surface area (Å²) in [4.78, 5) is 4.18. The van der Waals surface area contributed by atoms with Crippen molar-refractivity contribution in [2.75, 3.05) is 0 Å². The second kappa shape index (κ2) is 5.18. The molecule has 0 unspecified atom stereocenters. The van der Waals surface area contributed by atoms with Crippen molar-refractivity contribution >= 4 is 0 Å². The predicted octanol–water partition coefficient (Wildman–Crippen LogP) is 3.69. The molecular weight excluding hydrogens is 208 g/mol. The molecule has 0 fully saturated rings. The largest absolute Gasteiger partial charge is 0.308 e. The van der Waals surface area contributed by atoms with Crippen molar-refractivity contribution in [3.05, 3.63) is 29.6 Å². The third kappa shape index (κ3) is 5.31. The predicted molar refractivity (Wildman–Crippen MR) is 74.0 cm³/mol. The van der Waals surface area contributed by atoms with Crippen LogP contribution >= 0.6 is 0 Å². The van der Waals surface area contributed by atoms with Gasteiger partial charge in [-0.05, 0) is 49.8 Å². The van der Waals surface area contributed by atoms with E-state index in [1.165, 1.54) is 11.1 Å². The van der Waals surface area contributed by atoms with E-state index in [1.807, 2.05) is 12.4 Å². The summed E-state index contributed by atoms with van der Waals surface area (Å²) in [5.41, 5.74) is 3.09. The van der Waals surface area contributed by atoms with Crippen LogP contribution in [0.4, 0.5) is 0 Å². The first-order valence-corrected chi connectivity index (χ1v) is 6.34. The molecule has 0 aromatic carbocycles. The molecule has 1 heterocycles. The summed E-state index contributed by atoms with van der Waals surface area (Å²) in [6.07, 6.45) is 4.95. The van der Waals surface area contributed by atoms with Gasteiger partial charge in [0.25, 0.3) is 0 Å². The zero-order valence-corrected chi connectivity index (χ0v) is 12.1. The fourth-order valence-electron chi connectivity index (χ4n) is 2.40. The smallest absolute Gasteiger partial charge is 0.0315 e. The molecular formula is C15H26N2. The Balaban J connectivity index is 2.59. The quantitative estimate of drug-likeness (QED) is 0.859. The van der Waals surface area contributed by atoms with Crippen LogP contribution in [0.25, 0.3) is 0 Å². The van der Waals surface area contributed by atoms with Crippen LogP contribution in [0.2, 0.25) is 0 Å². The van der Waals surface area contributed by atoms with Gasteiger partial charge in [0.05, 0.1) is 0 Å². The lowest BCUT2D eigenvalue weighted by molar-refractivity contribution is 0.240. The van der Waals surface area contributed by atoms with Crippen molar-refractivity contribution in [1.82, 2.24) is 10.3 Å². The average molecular weight is 234 g/mol. The van der Waals surface area contributed by atoms with Gasteiger partial charge in [0.15, 0.2) is 0 Å². The summed E-state index contributed by atoms with van der Waals surface area (Å²) in [7, 11) is 0. The first kappa shape index (κ1) is 14.2. The summed E-state index contributed by atoms with van der Waals surface area (Å²) in [5, 5.41) is 3.63. The van der Waals surface area contributed by atoms with E-state index in [0.29, 0.717) is 5.41 Å². The molecule has 1 N–H and O–H groups in total. The molecule has 0 amide bonds.